The Balaban J connectivity index is 1.86. The van der Waals surface area contributed by atoms with Crippen molar-refractivity contribution in [3.05, 3.63) is 29.8 Å². The summed E-state index contributed by atoms with van der Waals surface area (Å²) in [4.78, 5) is 2.43. The molecular weight excluding hydrogens is 226 g/mol. The van der Waals surface area contributed by atoms with Crippen LogP contribution in [-0.2, 0) is 0 Å². The van der Waals surface area contributed by atoms with E-state index in [1.54, 1.807) is 0 Å². The van der Waals surface area contributed by atoms with Gasteiger partial charge in [-0.2, -0.15) is 0 Å². The number of benzene rings is 1. The summed E-state index contributed by atoms with van der Waals surface area (Å²) in [6.07, 6.45) is 1.34. The molecule has 2 aliphatic heterocycles. The van der Waals surface area contributed by atoms with Crippen molar-refractivity contribution in [2.24, 2.45) is 0 Å². The molecule has 1 unspecified atom stereocenters. The summed E-state index contributed by atoms with van der Waals surface area (Å²) in [5, 5.41) is 10.3. The lowest BCUT2D eigenvalue weighted by molar-refractivity contribution is -0.00887. The third-order valence-corrected chi connectivity index (χ3v) is 4.25. The molecule has 3 rings (SSSR count). The van der Waals surface area contributed by atoms with Crippen molar-refractivity contribution in [2.45, 2.75) is 44.4 Å². The van der Waals surface area contributed by atoms with Gasteiger partial charge in [0.1, 0.15) is 11.4 Å². The van der Waals surface area contributed by atoms with Crippen LogP contribution < -0.4 is 4.74 Å². The highest BCUT2D eigenvalue weighted by Gasteiger charge is 2.45. The van der Waals surface area contributed by atoms with Crippen LogP contribution >= 0.6 is 0 Å². The van der Waals surface area contributed by atoms with Crippen LogP contribution in [0.1, 0.15) is 38.4 Å². The van der Waals surface area contributed by atoms with Crippen LogP contribution in [0.4, 0.5) is 0 Å². The van der Waals surface area contributed by atoms with Crippen molar-refractivity contribution >= 4 is 0 Å². The molecular formula is C15H21NO2. The van der Waals surface area contributed by atoms with Crippen LogP contribution in [0.25, 0.3) is 0 Å². The Bertz CT molecular complexity index is 446. The first-order valence-electron chi connectivity index (χ1n) is 6.80. The van der Waals surface area contributed by atoms with Crippen LogP contribution in [0.5, 0.6) is 5.75 Å². The van der Waals surface area contributed by atoms with Crippen LogP contribution in [0.3, 0.4) is 0 Å². The Morgan fingerprint density at radius 2 is 2.17 bits per heavy atom. The van der Waals surface area contributed by atoms with Gasteiger partial charge in [0.2, 0.25) is 0 Å². The van der Waals surface area contributed by atoms with Gasteiger partial charge in [-0.1, -0.05) is 18.2 Å². The molecule has 0 aliphatic carbocycles. The average Bonchev–Trinajstić information content (AvgIpc) is 2.73. The van der Waals surface area contributed by atoms with E-state index in [2.05, 4.69) is 18.7 Å². The Morgan fingerprint density at radius 3 is 2.89 bits per heavy atom. The van der Waals surface area contributed by atoms with Crippen molar-refractivity contribution in [1.82, 2.24) is 4.90 Å². The highest BCUT2D eigenvalue weighted by atomic mass is 16.5. The molecule has 2 aliphatic rings. The van der Waals surface area contributed by atoms with E-state index >= 15 is 0 Å². The summed E-state index contributed by atoms with van der Waals surface area (Å²) >= 11 is 0. The lowest BCUT2D eigenvalue weighted by Gasteiger charge is -2.38. The second-order valence-corrected chi connectivity index (χ2v) is 5.86. The maximum Gasteiger partial charge on any atom is 0.126 e. The summed E-state index contributed by atoms with van der Waals surface area (Å²) < 4.78 is 6.23. The van der Waals surface area contributed by atoms with Gasteiger partial charge >= 0.3 is 0 Å². The van der Waals surface area contributed by atoms with Crippen molar-refractivity contribution in [2.75, 3.05) is 13.1 Å². The zero-order chi connectivity index (χ0) is 12.8. The fourth-order valence-electron chi connectivity index (χ4n) is 3.15. The number of nitrogens with zero attached hydrogens (tertiary/aromatic N) is 1. The van der Waals surface area contributed by atoms with Gasteiger partial charge < -0.3 is 9.84 Å². The van der Waals surface area contributed by atoms with Crippen molar-refractivity contribution in [3.8, 4) is 5.75 Å². The standard InChI is InChI=1S/C15H21NO2/c1-11(2)16-8-7-15(10-16)9-13(17)12-5-3-4-6-14(12)18-15/h3-6,11,13,17H,7-10H2,1-2H3/t13-,15?/m0/s1. The van der Waals surface area contributed by atoms with E-state index in [1.807, 2.05) is 24.3 Å². The topological polar surface area (TPSA) is 32.7 Å². The Morgan fingerprint density at radius 1 is 1.39 bits per heavy atom. The number of hydrogen-bond donors (Lipinski definition) is 1. The van der Waals surface area contributed by atoms with Crippen LogP contribution in [0, 0.1) is 0 Å². The van der Waals surface area contributed by atoms with Crippen molar-refractivity contribution in [3.63, 3.8) is 0 Å². The summed E-state index contributed by atoms with van der Waals surface area (Å²) in [6, 6.07) is 8.40. The summed E-state index contributed by atoms with van der Waals surface area (Å²) in [5.74, 6) is 0.863. The molecule has 3 heteroatoms. The normalized spacial score (nSPS) is 31.7. The van der Waals surface area contributed by atoms with E-state index < -0.39 is 0 Å². The first-order valence-corrected chi connectivity index (χ1v) is 6.80. The largest absolute Gasteiger partial charge is 0.485 e. The number of aliphatic hydroxyl groups is 1. The van der Waals surface area contributed by atoms with E-state index in [0.29, 0.717) is 12.5 Å². The highest BCUT2D eigenvalue weighted by Crippen LogP contribution is 2.43. The van der Waals surface area contributed by atoms with E-state index in [1.165, 1.54) is 0 Å². The predicted octanol–water partition coefficient (Wildman–Crippen LogP) is 2.36. The van der Waals surface area contributed by atoms with Gasteiger partial charge in [-0.05, 0) is 19.9 Å². The molecule has 1 aromatic carbocycles. The van der Waals surface area contributed by atoms with Gasteiger partial charge in [0.15, 0.2) is 0 Å². The van der Waals surface area contributed by atoms with Gasteiger partial charge in [-0.3, -0.25) is 4.90 Å². The lowest BCUT2D eigenvalue weighted by atomic mass is 9.88. The molecule has 0 bridgehead atoms. The Labute approximate surface area is 108 Å². The number of para-hydroxylation sites is 1. The van der Waals surface area contributed by atoms with Crippen LogP contribution in [-0.4, -0.2) is 34.7 Å². The SMILES string of the molecule is CC(C)N1CCC2(C[C@H](O)c3ccccc3O2)C1. The Hall–Kier alpha value is -1.06. The zero-order valence-electron chi connectivity index (χ0n) is 11.1. The average molecular weight is 247 g/mol. The molecule has 0 amide bonds. The maximum atomic E-state index is 10.3. The van der Waals surface area contributed by atoms with E-state index in [-0.39, 0.29) is 11.7 Å². The molecule has 1 saturated heterocycles. The van der Waals surface area contributed by atoms with Gasteiger partial charge in [0.25, 0.3) is 0 Å². The minimum atomic E-state index is -0.387. The second-order valence-electron chi connectivity index (χ2n) is 5.86. The number of hydrogen-bond acceptors (Lipinski definition) is 3. The monoisotopic (exact) mass is 247 g/mol. The van der Waals surface area contributed by atoms with E-state index in [0.717, 1.165) is 30.8 Å². The summed E-state index contributed by atoms with van der Waals surface area (Å²) in [6.45, 7) is 6.42. The fraction of sp³-hybridized carbons (Fsp3) is 0.600. The summed E-state index contributed by atoms with van der Waals surface area (Å²) in [7, 11) is 0. The number of likely N-dealkylation sites (tertiary alicyclic amines) is 1. The number of aliphatic hydroxyl groups excluding tert-OH is 1. The second kappa shape index (κ2) is 4.25. The minimum absolute atomic E-state index is 0.183. The van der Waals surface area contributed by atoms with Crippen molar-refractivity contribution in [1.29, 1.82) is 0 Å². The molecule has 2 heterocycles. The molecule has 1 fully saturated rings. The zero-order valence-corrected chi connectivity index (χ0v) is 11.1. The smallest absolute Gasteiger partial charge is 0.126 e. The molecule has 0 saturated carbocycles. The molecule has 98 valence electrons. The quantitative estimate of drug-likeness (QED) is 0.827. The number of fused-ring (bicyclic) bond motifs is 1. The van der Waals surface area contributed by atoms with Gasteiger partial charge in [-0.15, -0.1) is 0 Å². The Kier molecular flexibility index (Phi) is 2.83. The third-order valence-electron chi connectivity index (χ3n) is 4.25. The predicted molar refractivity (Wildman–Crippen MR) is 70.7 cm³/mol. The van der Waals surface area contributed by atoms with Crippen LogP contribution in [0.15, 0.2) is 24.3 Å². The summed E-state index contributed by atoms with van der Waals surface area (Å²) in [5.41, 5.74) is 0.754. The molecule has 1 spiro atoms. The number of ether oxygens (including phenoxy) is 1. The van der Waals surface area contributed by atoms with E-state index in [4.69, 9.17) is 4.74 Å². The molecule has 1 N–H and O–H groups in total. The first-order chi connectivity index (χ1) is 8.60. The molecule has 0 aromatic heterocycles. The van der Waals surface area contributed by atoms with Crippen LogP contribution in [0.2, 0.25) is 0 Å². The number of rotatable bonds is 1. The highest BCUT2D eigenvalue weighted by molar-refractivity contribution is 5.38. The van der Waals surface area contributed by atoms with Crippen molar-refractivity contribution < 1.29 is 9.84 Å². The minimum Gasteiger partial charge on any atom is -0.485 e. The molecule has 0 radical (unpaired) electrons. The fourth-order valence-corrected chi connectivity index (χ4v) is 3.15. The van der Waals surface area contributed by atoms with Gasteiger partial charge in [0.05, 0.1) is 6.10 Å². The maximum absolute atomic E-state index is 10.3. The molecule has 2 atom stereocenters. The van der Waals surface area contributed by atoms with Gasteiger partial charge in [0, 0.05) is 37.5 Å². The molecule has 1 aromatic rings. The lowest BCUT2D eigenvalue weighted by Crippen LogP contribution is -2.44. The van der Waals surface area contributed by atoms with Gasteiger partial charge in [-0.25, -0.2) is 0 Å². The van der Waals surface area contributed by atoms with E-state index in [9.17, 15) is 5.11 Å². The molecule has 3 nitrogen and oxygen atoms in total. The third kappa shape index (κ3) is 1.91. The molecule has 18 heavy (non-hydrogen) atoms. The first kappa shape index (κ1) is 12.0.